The molecule has 5 heteroatoms. The minimum Gasteiger partial charge on any atom is -0.456 e. The van der Waals surface area contributed by atoms with E-state index in [1.807, 2.05) is 78.9 Å². The van der Waals surface area contributed by atoms with Crippen molar-refractivity contribution in [3.8, 4) is 22.6 Å². The lowest BCUT2D eigenvalue weighted by atomic mass is 10.0. The Balaban J connectivity index is 1.46. The van der Waals surface area contributed by atoms with Gasteiger partial charge in [0.2, 0.25) is 0 Å². The van der Waals surface area contributed by atoms with Crippen molar-refractivity contribution in [3.63, 3.8) is 0 Å². The fraction of sp³-hybridized carbons (Fsp3) is 0. The summed E-state index contributed by atoms with van der Waals surface area (Å²) in [5.41, 5.74) is 6.40. The molecule has 0 radical (unpaired) electrons. The molecule has 4 nitrogen and oxygen atoms in total. The van der Waals surface area contributed by atoms with Crippen LogP contribution in [-0.2, 0) is 0 Å². The zero-order valence-electron chi connectivity index (χ0n) is 19.4. The van der Waals surface area contributed by atoms with Crippen molar-refractivity contribution in [2.24, 2.45) is 0 Å². The molecular weight excluding hydrogens is 480 g/mol. The second-order valence-corrected chi connectivity index (χ2v) is 9.53. The molecular formula is C32H17ClN2O2. The van der Waals surface area contributed by atoms with E-state index in [4.69, 9.17) is 30.4 Å². The Morgan fingerprint density at radius 3 is 2.05 bits per heavy atom. The molecule has 0 aliphatic heterocycles. The summed E-state index contributed by atoms with van der Waals surface area (Å²) >= 11 is 6.52. The second-order valence-electron chi connectivity index (χ2n) is 9.12. The standard InChI is InChI=1S/C32H17ClN2O2/c33-25-16-15-23(19-7-1-2-8-20(19)25)32-34-29(31-30(35-32)24-10-4-6-12-27(24)37-31)18-13-14-22-21-9-3-5-11-26(21)36-28(22)17-18/h1-17H. The summed E-state index contributed by atoms with van der Waals surface area (Å²) in [6.45, 7) is 0. The van der Waals surface area contributed by atoms with Crippen LogP contribution in [0.25, 0.3) is 77.4 Å². The van der Waals surface area contributed by atoms with Gasteiger partial charge < -0.3 is 8.83 Å². The fourth-order valence-electron chi connectivity index (χ4n) is 5.24. The molecule has 0 saturated carbocycles. The molecule has 0 aliphatic rings. The zero-order chi connectivity index (χ0) is 24.5. The lowest BCUT2D eigenvalue weighted by Gasteiger charge is -2.10. The molecule has 3 heterocycles. The number of rotatable bonds is 2. The highest BCUT2D eigenvalue weighted by molar-refractivity contribution is 6.36. The van der Waals surface area contributed by atoms with Crippen LogP contribution < -0.4 is 0 Å². The van der Waals surface area contributed by atoms with E-state index in [0.29, 0.717) is 16.4 Å². The smallest absolute Gasteiger partial charge is 0.180 e. The molecule has 0 amide bonds. The first-order valence-electron chi connectivity index (χ1n) is 12.0. The van der Waals surface area contributed by atoms with E-state index in [2.05, 4.69) is 24.3 Å². The van der Waals surface area contributed by atoms with Crippen molar-refractivity contribution in [3.05, 3.63) is 108 Å². The van der Waals surface area contributed by atoms with Gasteiger partial charge in [-0.25, -0.2) is 9.97 Å². The Hall–Kier alpha value is -4.67. The van der Waals surface area contributed by atoms with Gasteiger partial charge in [0, 0.05) is 37.7 Å². The molecule has 0 saturated heterocycles. The zero-order valence-corrected chi connectivity index (χ0v) is 20.2. The third-order valence-corrected chi connectivity index (χ3v) is 7.31. The van der Waals surface area contributed by atoms with Gasteiger partial charge in [-0.1, -0.05) is 72.3 Å². The second kappa shape index (κ2) is 7.66. The molecule has 5 aromatic carbocycles. The maximum atomic E-state index is 6.52. The van der Waals surface area contributed by atoms with Gasteiger partial charge in [0.1, 0.15) is 28.0 Å². The highest BCUT2D eigenvalue weighted by Crippen LogP contribution is 2.39. The molecule has 0 N–H and O–H groups in total. The minimum atomic E-state index is 0.617. The van der Waals surface area contributed by atoms with Crippen LogP contribution in [0.4, 0.5) is 0 Å². The molecule has 174 valence electrons. The quantitative estimate of drug-likeness (QED) is 0.239. The van der Waals surface area contributed by atoms with Crippen molar-refractivity contribution in [1.82, 2.24) is 9.97 Å². The van der Waals surface area contributed by atoms with Gasteiger partial charge in [0.15, 0.2) is 11.4 Å². The predicted molar refractivity (Wildman–Crippen MR) is 150 cm³/mol. The molecule has 8 rings (SSSR count). The lowest BCUT2D eigenvalue weighted by Crippen LogP contribution is -1.95. The SMILES string of the molecule is Clc1ccc(-c2nc(-c3ccc4c(c3)oc3ccccc34)c3oc4ccccc4c3n2)c2ccccc12. The van der Waals surface area contributed by atoms with Gasteiger partial charge in [0.05, 0.1) is 0 Å². The van der Waals surface area contributed by atoms with E-state index in [1.165, 1.54) is 0 Å². The predicted octanol–water partition coefficient (Wildman–Crippen LogP) is 9.42. The summed E-state index contributed by atoms with van der Waals surface area (Å²) in [6, 6.07) is 34.2. The number of nitrogens with zero attached hydrogens (tertiary/aromatic N) is 2. The maximum absolute atomic E-state index is 6.52. The summed E-state index contributed by atoms with van der Waals surface area (Å²) in [5.74, 6) is 0.617. The summed E-state index contributed by atoms with van der Waals surface area (Å²) < 4.78 is 12.5. The van der Waals surface area contributed by atoms with Crippen LogP contribution in [0.2, 0.25) is 5.02 Å². The number of fused-ring (bicyclic) bond motifs is 7. The number of furan rings is 2. The number of halogens is 1. The summed E-state index contributed by atoms with van der Waals surface area (Å²) in [4.78, 5) is 10.1. The number of aromatic nitrogens is 2. The van der Waals surface area contributed by atoms with Gasteiger partial charge in [-0.15, -0.1) is 0 Å². The van der Waals surface area contributed by atoms with Crippen molar-refractivity contribution < 1.29 is 8.83 Å². The van der Waals surface area contributed by atoms with E-state index in [9.17, 15) is 0 Å². The van der Waals surface area contributed by atoms with Crippen LogP contribution in [0.1, 0.15) is 0 Å². The van der Waals surface area contributed by atoms with Crippen LogP contribution in [0.3, 0.4) is 0 Å². The van der Waals surface area contributed by atoms with E-state index in [0.717, 1.165) is 66.0 Å². The molecule has 8 aromatic rings. The number of hydrogen-bond acceptors (Lipinski definition) is 4. The Morgan fingerprint density at radius 1 is 0.541 bits per heavy atom. The first-order valence-corrected chi connectivity index (χ1v) is 12.4. The van der Waals surface area contributed by atoms with Crippen LogP contribution in [-0.4, -0.2) is 9.97 Å². The van der Waals surface area contributed by atoms with Crippen LogP contribution in [0.5, 0.6) is 0 Å². The normalized spacial score (nSPS) is 11.9. The average molecular weight is 497 g/mol. The third-order valence-electron chi connectivity index (χ3n) is 6.98. The molecule has 37 heavy (non-hydrogen) atoms. The molecule has 0 atom stereocenters. The number of hydrogen-bond donors (Lipinski definition) is 0. The summed E-state index contributed by atoms with van der Waals surface area (Å²) in [6.07, 6.45) is 0. The number of benzene rings is 5. The van der Waals surface area contributed by atoms with Crippen LogP contribution >= 0.6 is 11.6 Å². The van der Waals surface area contributed by atoms with Crippen molar-refractivity contribution in [2.75, 3.05) is 0 Å². The molecule has 0 unspecified atom stereocenters. The van der Waals surface area contributed by atoms with Gasteiger partial charge in [-0.05, 0) is 47.9 Å². The molecule has 0 aliphatic carbocycles. The van der Waals surface area contributed by atoms with Crippen LogP contribution in [0, 0.1) is 0 Å². The molecule has 0 spiro atoms. The third kappa shape index (κ3) is 3.03. The first-order chi connectivity index (χ1) is 18.2. The monoisotopic (exact) mass is 496 g/mol. The largest absolute Gasteiger partial charge is 0.456 e. The Bertz CT molecular complexity index is 2170. The first kappa shape index (κ1) is 20.5. The lowest BCUT2D eigenvalue weighted by molar-refractivity contribution is 0.666. The van der Waals surface area contributed by atoms with Gasteiger partial charge >= 0.3 is 0 Å². The summed E-state index contributed by atoms with van der Waals surface area (Å²) in [5, 5.41) is 5.77. The van der Waals surface area contributed by atoms with Gasteiger partial charge in [-0.2, -0.15) is 0 Å². The fourth-order valence-corrected chi connectivity index (χ4v) is 5.47. The molecule has 0 fully saturated rings. The van der Waals surface area contributed by atoms with Crippen molar-refractivity contribution in [1.29, 1.82) is 0 Å². The average Bonchev–Trinajstić information content (AvgIpc) is 3.51. The highest BCUT2D eigenvalue weighted by Gasteiger charge is 2.20. The number of para-hydroxylation sites is 2. The maximum Gasteiger partial charge on any atom is 0.180 e. The topological polar surface area (TPSA) is 52.1 Å². The molecule has 3 aromatic heterocycles. The van der Waals surface area contributed by atoms with E-state index in [-0.39, 0.29) is 0 Å². The Labute approximate surface area is 215 Å². The van der Waals surface area contributed by atoms with E-state index >= 15 is 0 Å². The highest BCUT2D eigenvalue weighted by atomic mass is 35.5. The van der Waals surface area contributed by atoms with Gasteiger partial charge in [0.25, 0.3) is 0 Å². The van der Waals surface area contributed by atoms with Crippen LogP contribution in [0.15, 0.2) is 112 Å². The minimum absolute atomic E-state index is 0.617. The van der Waals surface area contributed by atoms with Gasteiger partial charge in [-0.3, -0.25) is 0 Å². The Morgan fingerprint density at radius 2 is 1.22 bits per heavy atom. The summed E-state index contributed by atoms with van der Waals surface area (Å²) in [7, 11) is 0. The Kier molecular flexibility index (Phi) is 4.25. The van der Waals surface area contributed by atoms with Crippen molar-refractivity contribution >= 4 is 66.4 Å². The van der Waals surface area contributed by atoms with Crippen molar-refractivity contribution in [2.45, 2.75) is 0 Å². The van der Waals surface area contributed by atoms with E-state index < -0.39 is 0 Å². The molecule has 0 bridgehead atoms. The van der Waals surface area contributed by atoms with E-state index in [1.54, 1.807) is 0 Å².